The summed E-state index contributed by atoms with van der Waals surface area (Å²) in [7, 11) is 0. The zero-order valence-corrected chi connectivity index (χ0v) is 15.2. The number of nitrogens with one attached hydrogen (secondary N) is 4. The Morgan fingerprint density at radius 3 is 2.42 bits per heavy atom. The van der Waals surface area contributed by atoms with Crippen molar-refractivity contribution in [2.45, 2.75) is 51.9 Å². The highest BCUT2D eigenvalue weighted by molar-refractivity contribution is 5.94. The number of ether oxygens (including phenoxy) is 1. The Morgan fingerprint density at radius 2 is 1.67 bits per heavy atom. The second kappa shape index (κ2) is 14.0. The van der Waals surface area contributed by atoms with Gasteiger partial charge in [0.05, 0.1) is 13.2 Å². The number of carbonyl (C=O) groups excluding carboxylic acids is 1. The van der Waals surface area contributed by atoms with Gasteiger partial charge in [-0.05, 0) is 19.4 Å². The molecule has 1 rings (SSSR count). The Kier molecular flexibility index (Phi) is 12.1. The Balaban J connectivity index is 1.91. The molecule has 24 heavy (non-hydrogen) atoms. The van der Waals surface area contributed by atoms with Gasteiger partial charge in [-0.3, -0.25) is 15.6 Å². The number of amides is 2. The average molecular weight is 342 g/mol. The first-order chi connectivity index (χ1) is 11.7. The lowest BCUT2D eigenvalue weighted by Crippen LogP contribution is -2.46. The van der Waals surface area contributed by atoms with Crippen LogP contribution in [0.3, 0.4) is 0 Å². The van der Waals surface area contributed by atoms with Crippen molar-refractivity contribution in [2.75, 3.05) is 45.9 Å². The number of carbonyl (C=O) groups is 1. The van der Waals surface area contributed by atoms with Gasteiger partial charge in [0.15, 0.2) is 5.96 Å². The van der Waals surface area contributed by atoms with Gasteiger partial charge >= 0.3 is 6.03 Å². The maximum atomic E-state index is 11.6. The maximum absolute atomic E-state index is 11.6. The zero-order chi connectivity index (χ0) is 17.5. The van der Waals surface area contributed by atoms with Crippen molar-refractivity contribution < 1.29 is 9.53 Å². The summed E-state index contributed by atoms with van der Waals surface area (Å²) in [6, 6.07) is -0.297. The molecule has 0 aliphatic carbocycles. The summed E-state index contributed by atoms with van der Waals surface area (Å²) in [5.74, 6) is 0.0671. The molecule has 0 atom stereocenters. The number of nitrogens with zero attached hydrogens (tertiary/aromatic N) is 1. The van der Waals surface area contributed by atoms with Crippen molar-refractivity contribution in [1.29, 1.82) is 5.41 Å². The van der Waals surface area contributed by atoms with Crippen LogP contribution in [-0.2, 0) is 4.74 Å². The van der Waals surface area contributed by atoms with E-state index in [1.807, 2.05) is 0 Å². The average Bonchev–Trinajstić information content (AvgIpc) is 2.59. The third-order valence-electron chi connectivity index (χ3n) is 4.11. The molecule has 7 nitrogen and oxygen atoms in total. The van der Waals surface area contributed by atoms with Gasteiger partial charge in [0, 0.05) is 26.2 Å². The number of hydrogen-bond donors (Lipinski definition) is 4. The van der Waals surface area contributed by atoms with E-state index < -0.39 is 0 Å². The third kappa shape index (κ3) is 11.2. The molecule has 140 valence electrons. The van der Waals surface area contributed by atoms with E-state index in [1.165, 1.54) is 25.7 Å². The lowest BCUT2D eigenvalue weighted by Gasteiger charge is -2.26. The maximum Gasteiger partial charge on any atom is 0.321 e. The lowest BCUT2D eigenvalue weighted by molar-refractivity contribution is 0.0376. The summed E-state index contributed by atoms with van der Waals surface area (Å²) >= 11 is 0. The molecule has 2 amide bonds. The first-order valence-corrected chi connectivity index (χ1v) is 9.39. The largest absolute Gasteiger partial charge is 0.379 e. The van der Waals surface area contributed by atoms with Crippen LogP contribution in [0.5, 0.6) is 0 Å². The smallest absolute Gasteiger partial charge is 0.321 e. The van der Waals surface area contributed by atoms with Gasteiger partial charge < -0.3 is 15.4 Å². The topological polar surface area (TPSA) is 89.5 Å². The molecule has 0 unspecified atom stereocenters. The minimum atomic E-state index is -0.297. The fourth-order valence-electron chi connectivity index (χ4n) is 2.65. The number of urea groups is 1. The van der Waals surface area contributed by atoms with E-state index in [2.05, 4.69) is 27.8 Å². The van der Waals surface area contributed by atoms with Crippen LogP contribution in [-0.4, -0.2) is 62.8 Å². The summed E-state index contributed by atoms with van der Waals surface area (Å²) in [5.41, 5.74) is 0. The van der Waals surface area contributed by atoms with E-state index in [9.17, 15) is 4.79 Å². The van der Waals surface area contributed by atoms with Gasteiger partial charge in [0.1, 0.15) is 0 Å². The molecule has 7 heteroatoms. The van der Waals surface area contributed by atoms with Crippen LogP contribution in [0.25, 0.3) is 0 Å². The summed E-state index contributed by atoms with van der Waals surface area (Å²) in [6.07, 6.45) is 8.16. The summed E-state index contributed by atoms with van der Waals surface area (Å²) in [5, 5.41) is 16.0. The predicted molar refractivity (Wildman–Crippen MR) is 97.5 cm³/mol. The predicted octanol–water partition coefficient (Wildman–Crippen LogP) is 1.89. The second-order valence-corrected chi connectivity index (χ2v) is 6.26. The molecule has 0 radical (unpaired) electrons. The summed E-state index contributed by atoms with van der Waals surface area (Å²) in [4.78, 5) is 14.0. The third-order valence-corrected chi connectivity index (χ3v) is 4.11. The second-order valence-electron chi connectivity index (χ2n) is 6.26. The van der Waals surface area contributed by atoms with Crippen molar-refractivity contribution in [3.8, 4) is 0 Å². The molecular formula is C17H35N5O2. The van der Waals surface area contributed by atoms with Gasteiger partial charge in [0.25, 0.3) is 0 Å². The van der Waals surface area contributed by atoms with Crippen molar-refractivity contribution in [1.82, 2.24) is 20.9 Å². The van der Waals surface area contributed by atoms with Crippen LogP contribution in [0.4, 0.5) is 4.79 Å². The Labute approximate surface area is 146 Å². The highest BCUT2D eigenvalue weighted by Gasteiger charge is 2.09. The van der Waals surface area contributed by atoms with Crippen molar-refractivity contribution in [3.05, 3.63) is 0 Å². The normalized spacial score (nSPS) is 15.0. The first kappa shape index (κ1) is 20.7. The van der Waals surface area contributed by atoms with E-state index >= 15 is 0 Å². The van der Waals surface area contributed by atoms with E-state index in [1.54, 1.807) is 0 Å². The fourth-order valence-corrected chi connectivity index (χ4v) is 2.65. The molecule has 0 bridgehead atoms. The Hall–Kier alpha value is -1.34. The Bertz CT molecular complexity index is 346. The quantitative estimate of drug-likeness (QED) is 0.262. The van der Waals surface area contributed by atoms with Gasteiger partial charge in [-0.1, -0.05) is 39.0 Å². The molecular weight excluding hydrogens is 306 g/mol. The number of guanidine groups is 1. The minimum absolute atomic E-state index is 0.0671. The van der Waals surface area contributed by atoms with Crippen molar-refractivity contribution in [3.63, 3.8) is 0 Å². The van der Waals surface area contributed by atoms with Crippen LogP contribution in [0.15, 0.2) is 0 Å². The summed E-state index contributed by atoms with van der Waals surface area (Å²) in [6.45, 7) is 8.14. The molecule has 0 aromatic heterocycles. The van der Waals surface area contributed by atoms with Crippen molar-refractivity contribution >= 4 is 12.0 Å². The van der Waals surface area contributed by atoms with Gasteiger partial charge in [0.2, 0.25) is 0 Å². The van der Waals surface area contributed by atoms with Gasteiger partial charge in [-0.15, -0.1) is 0 Å². The van der Waals surface area contributed by atoms with E-state index in [0.29, 0.717) is 13.1 Å². The number of rotatable bonds is 11. The molecule has 1 fully saturated rings. The van der Waals surface area contributed by atoms with Gasteiger partial charge in [-0.2, -0.15) is 0 Å². The van der Waals surface area contributed by atoms with Crippen LogP contribution < -0.4 is 16.0 Å². The van der Waals surface area contributed by atoms with E-state index in [0.717, 1.165) is 52.1 Å². The van der Waals surface area contributed by atoms with E-state index in [4.69, 9.17) is 10.1 Å². The Morgan fingerprint density at radius 1 is 1.00 bits per heavy atom. The number of morpholine rings is 1. The monoisotopic (exact) mass is 341 g/mol. The molecule has 0 aromatic carbocycles. The van der Waals surface area contributed by atoms with Crippen LogP contribution in [0.2, 0.25) is 0 Å². The van der Waals surface area contributed by atoms with Gasteiger partial charge in [-0.25, -0.2) is 4.79 Å². The fraction of sp³-hybridized carbons (Fsp3) is 0.882. The lowest BCUT2D eigenvalue weighted by atomic mass is 10.1. The van der Waals surface area contributed by atoms with Crippen molar-refractivity contribution in [2.24, 2.45) is 0 Å². The highest BCUT2D eigenvalue weighted by atomic mass is 16.5. The molecule has 1 aliphatic rings. The van der Waals surface area contributed by atoms with Crippen LogP contribution in [0, 0.1) is 5.41 Å². The molecule has 1 saturated heterocycles. The first-order valence-electron chi connectivity index (χ1n) is 9.39. The van der Waals surface area contributed by atoms with Crippen LogP contribution in [0.1, 0.15) is 51.9 Å². The highest BCUT2D eigenvalue weighted by Crippen LogP contribution is 2.03. The zero-order valence-electron chi connectivity index (χ0n) is 15.2. The molecule has 0 saturated carbocycles. The summed E-state index contributed by atoms with van der Waals surface area (Å²) < 4.78 is 5.31. The number of unbranched alkanes of at least 4 members (excludes halogenated alkanes) is 5. The molecule has 1 aliphatic heterocycles. The molecule has 1 heterocycles. The molecule has 0 aromatic rings. The number of hydrogen-bond acceptors (Lipinski definition) is 4. The molecule has 4 N–H and O–H groups in total. The SMILES string of the molecule is CCCCCCCCNC(=O)NC(=N)NCCCN1CCOCC1. The minimum Gasteiger partial charge on any atom is -0.379 e. The standard InChI is InChI=1S/C17H35N5O2/c1-2-3-4-5-6-7-9-20-17(23)21-16(18)19-10-8-11-22-12-14-24-15-13-22/h2-15H2,1H3,(H4,18,19,20,21,23). The molecule has 0 spiro atoms. The van der Waals surface area contributed by atoms with E-state index in [-0.39, 0.29) is 12.0 Å². The van der Waals surface area contributed by atoms with Crippen LogP contribution >= 0.6 is 0 Å².